The fourth-order valence-corrected chi connectivity index (χ4v) is 2.38. The number of aryl methyl sites for hydroxylation is 2. The zero-order valence-corrected chi connectivity index (χ0v) is 11.2. The van der Waals surface area contributed by atoms with Crippen molar-refractivity contribution < 1.29 is 0 Å². The second-order valence-electron chi connectivity index (χ2n) is 5.09. The first kappa shape index (κ1) is 12.7. The molecule has 1 heterocycles. The summed E-state index contributed by atoms with van der Waals surface area (Å²) >= 11 is 1.91. The number of aromatic nitrogens is 1. The first-order valence-electron chi connectivity index (χ1n) is 6.01. The first-order chi connectivity index (χ1) is 7.08. The lowest BCUT2D eigenvalue weighted by Gasteiger charge is -2.01. The maximum absolute atomic E-state index is 4.48. The first-order valence-corrected chi connectivity index (χ1v) is 6.83. The Morgan fingerprint density at radius 2 is 1.67 bits per heavy atom. The van der Waals surface area contributed by atoms with E-state index in [4.69, 9.17) is 0 Å². The molecule has 1 nitrogen and oxygen atoms in total. The van der Waals surface area contributed by atoms with Crippen molar-refractivity contribution in [1.29, 1.82) is 0 Å². The number of rotatable bonds is 6. The van der Waals surface area contributed by atoms with Crippen LogP contribution in [0.3, 0.4) is 0 Å². The van der Waals surface area contributed by atoms with Gasteiger partial charge in [-0.15, -0.1) is 11.3 Å². The molecule has 1 aromatic rings. The molecule has 0 aromatic carbocycles. The van der Waals surface area contributed by atoms with Gasteiger partial charge in [0, 0.05) is 11.1 Å². The second-order valence-corrected chi connectivity index (χ2v) is 6.29. The SMILES string of the molecule is CC(C)CCc1cnc(CCC(C)C)s1. The van der Waals surface area contributed by atoms with Gasteiger partial charge in [-0.2, -0.15) is 0 Å². The molecule has 1 rings (SSSR count). The van der Waals surface area contributed by atoms with E-state index in [1.54, 1.807) is 0 Å². The highest BCUT2D eigenvalue weighted by Crippen LogP contribution is 2.19. The molecule has 86 valence electrons. The largest absolute Gasteiger partial charge is 0.249 e. The molecule has 0 unspecified atom stereocenters. The third-order valence-corrected chi connectivity index (χ3v) is 3.62. The summed E-state index contributed by atoms with van der Waals surface area (Å²) in [5, 5.41) is 1.32. The third-order valence-electron chi connectivity index (χ3n) is 2.51. The summed E-state index contributed by atoms with van der Waals surface area (Å²) in [4.78, 5) is 5.95. The van der Waals surface area contributed by atoms with Crippen LogP contribution in [0.4, 0.5) is 0 Å². The maximum atomic E-state index is 4.48. The smallest absolute Gasteiger partial charge is 0.0927 e. The normalized spacial score (nSPS) is 11.6. The van der Waals surface area contributed by atoms with Gasteiger partial charge in [0.15, 0.2) is 0 Å². The summed E-state index contributed by atoms with van der Waals surface area (Å²) in [5.74, 6) is 1.58. The van der Waals surface area contributed by atoms with Crippen molar-refractivity contribution in [2.24, 2.45) is 11.8 Å². The number of hydrogen-bond acceptors (Lipinski definition) is 2. The molecule has 0 radical (unpaired) electrons. The Hall–Kier alpha value is -0.370. The van der Waals surface area contributed by atoms with E-state index < -0.39 is 0 Å². The van der Waals surface area contributed by atoms with Gasteiger partial charge in [0.1, 0.15) is 0 Å². The van der Waals surface area contributed by atoms with Crippen LogP contribution < -0.4 is 0 Å². The van der Waals surface area contributed by atoms with Crippen LogP contribution in [0.5, 0.6) is 0 Å². The second kappa shape index (κ2) is 6.26. The lowest BCUT2D eigenvalue weighted by Crippen LogP contribution is -1.90. The lowest BCUT2D eigenvalue weighted by atomic mass is 10.1. The molecular formula is C13H23NS. The molecule has 0 aliphatic heterocycles. The highest BCUT2D eigenvalue weighted by atomic mass is 32.1. The molecule has 1 aromatic heterocycles. The monoisotopic (exact) mass is 225 g/mol. The average Bonchev–Trinajstić information content (AvgIpc) is 2.59. The summed E-state index contributed by atoms with van der Waals surface area (Å²) in [6.07, 6.45) is 6.98. The van der Waals surface area contributed by atoms with Gasteiger partial charge in [0.05, 0.1) is 5.01 Å². The molecule has 0 saturated heterocycles. The minimum Gasteiger partial charge on any atom is -0.249 e. The van der Waals surface area contributed by atoms with E-state index in [0.717, 1.165) is 18.3 Å². The number of thiazole rings is 1. The van der Waals surface area contributed by atoms with Crippen LogP contribution in [-0.2, 0) is 12.8 Å². The minimum atomic E-state index is 0.785. The van der Waals surface area contributed by atoms with Crippen molar-refractivity contribution in [2.45, 2.75) is 53.4 Å². The predicted molar refractivity (Wildman–Crippen MR) is 68.4 cm³/mol. The van der Waals surface area contributed by atoms with Crippen LogP contribution in [-0.4, -0.2) is 4.98 Å². The van der Waals surface area contributed by atoms with E-state index >= 15 is 0 Å². The fourth-order valence-electron chi connectivity index (χ4n) is 1.42. The average molecular weight is 225 g/mol. The van der Waals surface area contributed by atoms with Crippen LogP contribution in [0.15, 0.2) is 6.20 Å². The van der Waals surface area contributed by atoms with Gasteiger partial charge in [0.2, 0.25) is 0 Å². The zero-order valence-electron chi connectivity index (χ0n) is 10.4. The third kappa shape index (κ3) is 5.31. The van der Waals surface area contributed by atoms with E-state index in [-0.39, 0.29) is 0 Å². The van der Waals surface area contributed by atoms with Crippen molar-refractivity contribution >= 4 is 11.3 Å². The molecule has 0 saturated carbocycles. The van der Waals surface area contributed by atoms with E-state index in [1.165, 1.54) is 29.1 Å². The molecule has 2 heteroatoms. The predicted octanol–water partition coefficient (Wildman–Crippen LogP) is 4.32. The summed E-state index contributed by atoms with van der Waals surface area (Å²) < 4.78 is 0. The Balaban J connectivity index is 2.35. The van der Waals surface area contributed by atoms with E-state index in [0.29, 0.717) is 0 Å². The Labute approximate surface area is 97.9 Å². The molecule has 0 aliphatic carbocycles. The molecule has 0 bridgehead atoms. The molecule has 0 N–H and O–H groups in total. The van der Waals surface area contributed by atoms with Crippen molar-refractivity contribution in [2.75, 3.05) is 0 Å². The Kier molecular flexibility index (Phi) is 5.30. The molecule has 0 fully saturated rings. The van der Waals surface area contributed by atoms with Crippen molar-refractivity contribution in [3.8, 4) is 0 Å². The van der Waals surface area contributed by atoms with Crippen molar-refractivity contribution in [3.63, 3.8) is 0 Å². The molecule has 0 amide bonds. The van der Waals surface area contributed by atoms with Gasteiger partial charge >= 0.3 is 0 Å². The molecule has 0 spiro atoms. The Morgan fingerprint density at radius 1 is 1.07 bits per heavy atom. The molecule has 0 aliphatic rings. The zero-order chi connectivity index (χ0) is 11.3. The number of hydrogen-bond donors (Lipinski definition) is 0. The van der Waals surface area contributed by atoms with Crippen molar-refractivity contribution in [3.05, 3.63) is 16.1 Å². The molecule has 15 heavy (non-hydrogen) atoms. The van der Waals surface area contributed by atoms with Crippen LogP contribution >= 0.6 is 11.3 Å². The van der Waals surface area contributed by atoms with Crippen molar-refractivity contribution in [1.82, 2.24) is 4.98 Å². The standard InChI is InChI=1S/C13H23NS/c1-10(2)5-7-12-9-14-13(15-12)8-6-11(3)4/h9-11H,5-8H2,1-4H3. The maximum Gasteiger partial charge on any atom is 0.0927 e. The summed E-state index contributed by atoms with van der Waals surface area (Å²) in [6, 6.07) is 0. The van der Waals surface area contributed by atoms with Gasteiger partial charge in [-0.3, -0.25) is 0 Å². The van der Waals surface area contributed by atoms with Gasteiger partial charge in [-0.05, 0) is 37.5 Å². The topological polar surface area (TPSA) is 12.9 Å². The van der Waals surface area contributed by atoms with Crippen LogP contribution in [0, 0.1) is 11.8 Å². The van der Waals surface area contributed by atoms with Crippen LogP contribution in [0.1, 0.15) is 50.4 Å². The highest BCUT2D eigenvalue weighted by Gasteiger charge is 2.04. The van der Waals surface area contributed by atoms with E-state index in [1.807, 2.05) is 11.3 Å². The molecule has 0 atom stereocenters. The minimum absolute atomic E-state index is 0.785. The molecular weight excluding hydrogens is 202 g/mol. The van der Waals surface area contributed by atoms with E-state index in [9.17, 15) is 0 Å². The number of nitrogens with zero attached hydrogens (tertiary/aromatic N) is 1. The van der Waals surface area contributed by atoms with Gasteiger partial charge in [0.25, 0.3) is 0 Å². The summed E-state index contributed by atoms with van der Waals surface area (Å²) in [7, 11) is 0. The van der Waals surface area contributed by atoms with Gasteiger partial charge in [-0.1, -0.05) is 27.7 Å². The summed E-state index contributed by atoms with van der Waals surface area (Å²) in [6.45, 7) is 9.10. The van der Waals surface area contributed by atoms with Gasteiger partial charge in [-0.25, -0.2) is 4.98 Å². The van der Waals surface area contributed by atoms with Gasteiger partial charge < -0.3 is 0 Å². The summed E-state index contributed by atoms with van der Waals surface area (Å²) in [5.41, 5.74) is 0. The van der Waals surface area contributed by atoms with Crippen LogP contribution in [0.2, 0.25) is 0 Å². The highest BCUT2D eigenvalue weighted by molar-refractivity contribution is 7.11. The van der Waals surface area contributed by atoms with Crippen LogP contribution in [0.25, 0.3) is 0 Å². The Morgan fingerprint density at radius 3 is 2.27 bits per heavy atom. The quantitative estimate of drug-likeness (QED) is 0.702. The van der Waals surface area contributed by atoms with E-state index in [2.05, 4.69) is 38.9 Å². The fraction of sp³-hybridized carbons (Fsp3) is 0.769. The lowest BCUT2D eigenvalue weighted by molar-refractivity contribution is 0.585. The Bertz CT molecular complexity index is 249.